The highest BCUT2D eigenvalue weighted by Crippen LogP contribution is 2.30. The molecule has 1 aromatic rings. The second-order valence-corrected chi connectivity index (χ2v) is 6.47. The average Bonchev–Trinajstić information content (AvgIpc) is 2.78. The van der Waals surface area contributed by atoms with Crippen molar-refractivity contribution < 1.29 is 4.74 Å². The van der Waals surface area contributed by atoms with Gasteiger partial charge in [-0.15, -0.1) is 0 Å². The molecule has 2 aliphatic carbocycles. The van der Waals surface area contributed by atoms with Gasteiger partial charge in [-0.3, -0.25) is 0 Å². The third-order valence-electron chi connectivity index (χ3n) is 5.00. The van der Waals surface area contributed by atoms with Crippen LogP contribution in [0.1, 0.15) is 67.9 Å². The lowest BCUT2D eigenvalue weighted by Gasteiger charge is -2.24. The molecule has 0 amide bonds. The fourth-order valence-corrected chi connectivity index (χ4v) is 3.85. The average molecular weight is 276 g/mol. The summed E-state index contributed by atoms with van der Waals surface area (Å²) in [5.41, 5.74) is 10.4. The first-order valence-electron chi connectivity index (χ1n) is 8.32. The van der Waals surface area contributed by atoms with Crippen molar-refractivity contribution in [1.82, 2.24) is 4.57 Å². The van der Waals surface area contributed by atoms with Crippen molar-refractivity contribution >= 4 is 0 Å². The number of rotatable bonds is 4. The van der Waals surface area contributed by atoms with Crippen molar-refractivity contribution in [2.24, 2.45) is 5.73 Å². The normalized spacial score (nSPS) is 23.8. The summed E-state index contributed by atoms with van der Waals surface area (Å²) in [7, 11) is 0. The Morgan fingerprint density at radius 2 is 2.00 bits per heavy atom. The van der Waals surface area contributed by atoms with E-state index in [2.05, 4.69) is 17.6 Å². The second-order valence-electron chi connectivity index (χ2n) is 6.47. The van der Waals surface area contributed by atoms with E-state index in [1.807, 2.05) is 0 Å². The molecule has 0 aliphatic heterocycles. The molecule has 1 atom stereocenters. The Hall–Kier alpha value is -0.800. The van der Waals surface area contributed by atoms with Gasteiger partial charge in [0.05, 0.1) is 12.7 Å². The molecular formula is C17H28N2O. The first-order chi connectivity index (χ1) is 9.75. The van der Waals surface area contributed by atoms with Gasteiger partial charge in [-0.2, -0.15) is 0 Å². The van der Waals surface area contributed by atoms with Gasteiger partial charge in [0.1, 0.15) is 0 Å². The summed E-state index contributed by atoms with van der Waals surface area (Å²) in [6.45, 7) is 4.04. The van der Waals surface area contributed by atoms with Crippen LogP contribution in [0.5, 0.6) is 0 Å². The van der Waals surface area contributed by atoms with E-state index in [0.29, 0.717) is 6.10 Å². The minimum atomic E-state index is 0.248. The molecule has 1 heterocycles. The molecule has 0 bridgehead atoms. The van der Waals surface area contributed by atoms with Gasteiger partial charge in [-0.1, -0.05) is 19.3 Å². The Labute approximate surface area is 122 Å². The lowest BCUT2D eigenvalue weighted by molar-refractivity contribution is 0.0236. The van der Waals surface area contributed by atoms with Crippen LogP contribution in [-0.4, -0.2) is 17.3 Å². The summed E-state index contributed by atoms with van der Waals surface area (Å²) >= 11 is 0. The molecule has 1 fully saturated rings. The van der Waals surface area contributed by atoms with E-state index < -0.39 is 0 Å². The van der Waals surface area contributed by atoms with E-state index in [4.69, 9.17) is 10.5 Å². The Kier molecular flexibility index (Phi) is 4.47. The summed E-state index contributed by atoms with van der Waals surface area (Å²) in [5, 5.41) is 0. The largest absolute Gasteiger partial charge is 0.376 e. The molecule has 2 aliphatic rings. The first kappa shape index (κ1) is 14.2. The quantitative estimate of drug-likeness (QED) is 0.914. The molecule has 3 heteroatoms. The van der Waals surface area contributed by atoms with E-state index in [0.717, 1.165) is 19.6 Å². The number of fused-ring (bicyclic) bond motifs is 1. The number of nitrogens with zero attached hydrogens (tertiary/aromatic N) is 1. The van der Waals surface area contributed by atoms with Crippen molar-refractivity contribution in [3.05, 3.63) is 23.0 Å². The Bertz CT molecular complexity index is 446. The van der Waals surface area contributed by atoms with E-state index >= 15 is 0 Å². The summed E-state index contributed by atoms with van der Waals surface area (Å²) < 4.78 is 8.52. The topological polar surface area (TPSA) is 40.2 Å². The molecular weight excluding hydrogens is 248 g/mol. The molecule has 1 unspecified atom stereocenters. The van der Waals surface area contributed by atoms with Crippen LogP contribution in [0.25, 0.3) is 0 Å². The molecule has 3 rings (SSSR count). The van der Waals surface area contributed by atoms with E-state index in [1.165, 1.54) is 61.9 Å². The van der Waals surface area contributed by atoms with Gasteiger partial charge in [0, 0.05) is 24.0 Å². The number of nitrogens with two attached hydrogens (primary N) is 1. The molecule has 0 saturated heterocycles. The fraction of sp³-hybridized carbons (Fsp3) is 0.765. The highest BCUT2D eigenvalue weighted by molar-refractivity contribution is 5.32. The summed E-state index contributed by atoms with van der Waals surface area (Å²) in [4.78, 5) is 0. The Morgan fingerprint density at radius 3 is 2.80 bits per heavy atom. The Morgan fingerprint density at radius 1 is 1.20 bits per heavy atom. The van der Waals surface area contributed by atoms with Crippen LogP contribution in [0.2, 0.25) is 0 Å². The van der Waals surface area contributed by atoms with Crippen LogP contribution in [0.3, 0.4) is 0 Å². The minimum Gasteiger partial charge on any atom is -0.376 e. The van der Waals surface area contributed by atoms with Crippen LogP contribution in [0, 0.1) is 6.92 Å². The summed E-state index contributed by atoms with van der Waals surface area (Å²) in [6, 6.07) is 2.54. The molecule has 1 aromatic heterocycles. The molecule has 20 heavy (non-hydrogen) atoms. The molecule has 1 saturated carbocycles. The van der Waals surface area contributed by atoms with Gasteiger partial charge >= 0.3 is 0 Å². The predicted octanol–water partition coefficient (Wildman–Crippen LogP) is 3.48. The van der Waals surface area contributed by atoms with E-state index in [-0.39, 0.29) is 6.04 Å². The lowest BCUT2D eigenvalue weighted by atomic mass is 9.93. The van der Waals surface area contributed by atoms with E-state index in [1.54, 1.807) is 0 Å². The lowest BCUT2D eigenvalue weighted by Crippen LogP contribution is -2.22. The number of ether oxygens (including phenoxy) is 1. The zero-order chi connectivity index (χ0) is 13.9. The SMILES string of the molecule is Cc1cc2c(n1CCOC1CCCCC1)CCCC2N. The minimum absolute atomic E-state index is 0.248. The molecule has 0 aromatic carbocycles. The zero-order valence-electron chi connectivity index (χ0n) is 12.7. The van der Waals surface area contributed by atoms with Crippen LogP contribution >= 0.6 is 0 Å². The van der Waals surface area contributed by atoms with Gasteiger partial charge < -0.3 is 15.0 Å². The van der Waals surface area contributed by atoms with Crippen molar-refractivity contribution in [2.75, 3.05) is 6.61 Å². The summed E-state index contributed by atoms with van der Waals surface area (Å²) in [6.07, 6.45) is 10.6. The van der Waals surface area contributed by atoms with E-state index in [9.17, 15) is 0 Å². The number of hydrogen-bond donors (Lipinski definition) is 1. The fourth-order valence-electron chi connectivity index (χ4n) is 3.85. The number of aromatic nitrogens is 1. The van der Waals surface area contributed by atoms with Crippen molar-refractivity contribution in [3.63, 3.8) is 0 Å². The third-order valence-corrected chi connectivity index (χ3v) is 5.00. The van der Waals surface area contributed by atoms with Gasteiger partial charge in [0.2, 0.25) is 0 Å². The maximum Gasteiger partial charge on any atom is 0.0649 e. The Balaban J connectivity index is 1.59. The standard InChI is InChI=1S/C17H28N2O/c1-13-12-15-16(18)8-5-9-17(15)19(13)10-11-20-14-6-3-2-4-7-14/h12,14,16H,2-11,18H2,1H3. The number of aryl methyl sites for hydroxylation is 1. The monoisotopic (exact) mass is 276 g/mol. The second kappa shape index (κ2) is 6.31. The predicted molar refractivity (Wildman–Crippen MR) is 81.9 cm³/mol. The van der Waals surface area contributed by atoms with Crippen molar-refractivity contribution in [1.29, 1.82) is 0 Å². The van der Waals surface area contributed by atoms with Crippen molar-refractivity contribution in [2.45, 2.75) is 77.0 Å². The number of hydrogen-bond acceptors (Lipinski definition) is 2. The molecule has 0 radical (unpaired) electrons. The first-order valence-corrected chi connectivity index (χ1v) is 8.32. The van der Waals surface area contributed by atoms with Crippen LogP contribution < -0.4 is 5.73 Å². The highest BCUT2D eigenvalue weighted by Gasteiger charge is 2.22. The van der Waals surface area contributed by atoms with Crippen molar-refractivity contribution in [3.8, 4) is 0 Å². The van der Waals surface area contributed by atoms with Gasteiger partial charge in [-0.05, 0) is 50.7 Å². The smallest absolute Gasteiger partial charge is 0.0649 e. The van der Waals surface area contributed by atoms with Crippen LogP contribution in [0.4, 0.5) is 0 Å². The molecule has 112 valence electrons. The van der Waals surface area contributed by atoms with Crippen LogP contribution in [0.15, 0.2) is 6.07 Å². The molecule has 2 N–H and O–H groups in total. The highest BCUT2D eigenvalue weighted by atomic mass is 16.5. The zero-order valence-corrected chi connectivity index (χ0v) is 12.7. The van der Waals surface area contributed by atoms with Crippen LogP contribution in [-0.2, 0) is 17.7 Å². The maximum atomic E-state index is 6.23. The van der Waals surface area contributed by atoms with Gasteiger partial charge in [0.25, 0.3) is 0 Å². The molecule has 3 nitrogen and oxygen atoms in total. The van der Waals surface area contributed by atoms with Gasteiger partial charge in [0.15, 0.2) is 0 Å². The maximum absolute atomic E-state index is 6.23. The van der Waals surface area contributed by atoms with Gasteiger partial charge in [-0.25, -0.2) is 0 Å². The third kappa shape index (κ3) is 2.94. The molecule has 0 spiro atoms. The summed E-state index contributed by atoms with van der Waals surface area (Å²) in [5.74, 6) is 0.